The maximum absolute atomic E-state index is 12.2. The van der Waals surface area contributed by atoms with Crippen molar-refractivity contribution in [1.29, 1.82) is 0 Å². The average molecular weight is 374 g/mol. The molecule has 0 radical (unpaired) electrons. The van der Waals surface area contributed by atoms with E-state index < -0.39 is 10.2 Å². The number of ether oxygens (including phenoxy) is 1. The number of amides is 1. The van der Waals surface area contributed by atoms with Gasteiger partial charge in [0, 0.05) is 25.4 Å². The van der Waals surface area contributed by atoms with Crippen molar-refractivity contribution in [1.82, 2.24) is 19.9 Å². The van der Waals surface area contributed by atoms with Crippen LogP contribution >= 0.6 is 0 Å². The van der Waals surface area contributed by atoms with Gasteiger partial charge in [-0.1, -0.05) is 0 Å². The van der Waals surface area contributed by atoms with E-state index in [1.54, 1.807) is 42.0 Å². The molecule has 0 fully saturated rings. The molecule has 26 heavy (non-hydrogen) atoms. The quantitative estimate of drug-likeness (QED) is 0.516. The molecule has 0 spiro atoms. The number of carbonyl (C=O) groups is 1. The van der Waals surface area contributed by atoms with E-state index in [9.17, 15) is 13.6 Å². The molecule has 1 atom stereocenters. The number of aromatic nitrogens is 3. The second-order valence-corrected chi connectivity index (χ2v) is 7.73. The number of carbonyl (C=O) groups excluding carboxylic acids is 1. The third-order valence-corrected chi connectivity index (χ3v) is 4.93. The van der Waals surface area contributed by atoms with E-state index in [4.69, 9.17) is 4.74 Å². The summed E-state index contributed by atoms with van der Waals surface area (Å²) in [5.41, 5.74) is 1.74. The van der Waals surface area contributed by atoms with Crippen LogP contribution in [-0.4, -0.2) is 51.6 Å². The van der Waals surface area contributed by atoms with Crippen LogP contribution in [0.1, 0.15) is 10.4 Å². The summed E-state index contributed by atoms with van der Waals surface area (Å²) in [6.07, 6.45) is 2.81. The first-order chi connectivity index (χ1) is 12.4. The third kappa shape index (κ3) is 3.79. The van der Waals surface area contributed by atoms with Crippen LogP contribution in [0.25, 0.3) is 17.0 Å². The summed E-state index contributed by atoms with van der Waals surface area (Å²) in [6.45, 7) is 0.841. The molecule has 2 aromatic heterocycles. The van der Waals surface area contributed by atoms with E-state index in [1.807, 2.05) is 0 Å². The average Bonchev–Trinajstić information content (AvgIpc) is 3.04. The second kappa shape index (κ2) is 7.32. The molecule has 0 aliphatic rings. The van der Waals surface area contributed by atoms with Gasteiger partial charge >= 0.3 is 0 Å². The van der Waals surface area contributed by atoms with Crippen LogP contribution in [0.3, 0.4) is 0 Å². The first-order valence-electron chi connectivity index (χ1n) is 7.82. The predicted octanol–water partition coefficient (Wildman–Crippen LogP) is 1.39. The van der Waals surface area contributed by atoms with Crippen LogP contribution in [0.4, 0.5) is 0 Å². The number of pyridine rings is 1. The maximum atomic E-state index is 12.2. The van der Waals surface area contributed by atoms with E-state index >= 15 is 0 Å². The Morgan fingerprint density at radius 1 is 1.23 bits per heavy atom. The molecule has 1 unspecified atom stereocenters. The van der Waals surface area contributed by atoms with Crippen LogP contribution in [0.2, 0.25) is 0 Å². The number of nitrogens with zero attached hydrogens (tertiary/aromatic N) is 3. The predicted molar refractivity (Wildman–Crippen MR) is 95.7 cm³/mol. The van der Waals surface area contributed by atoms with Gasteiger partial charge in [-0.3, -0.25) is 9.20 Å². The maximum Gasteiger partial charge on any atom is 0.252 e. The molecule has 0 saturated heterocycles. The van der Waals surface area contributed by atoms with Crippen molar-refractivity contribution in [2.45, 2.75) is 4.90 Å². The number of hydrogen-bond donors (Lipinski definition) is 1. The SMILES string of the molecule is COCCNC(=O)c1ccc2nnc(-c3ccc([S+](C)(=O)[O-])cc3)n2c1. The Kier molecular flexibility index (Phi) is 5.12. The minimum Gasteiger partial charge on any atom is -0.610 e. The Hall–Kier alpha value is -2.62. The fraction of sp³-hybridized carbons (Fsp3) is 0.235. The zero-order valence-corrected chi connectivity index (χ0v) is 15.2. The van der Waals surface area contributed by atoms with Crippen LogP contribution in [0, 0.1) is 0 Å². The molecule has 0 aliphatic carbocycles. The highest BCUT2D eigenvalue weighted by molar-refractivity contribution is 7.97. The van der Waals surface area contributed by atoms with Crippen LogP contribution in [-0.2, 0) is 19.2 Å². The topological polar surface area (TPSA) is 109 Å². The zero-order chi connectivity index (χ0) is 18.7. The number of nitrogens with one attached hydrogen (secondary N) is 1. The Balaban J connectivity index is 1.93. The van der Waals surface area contributed by atoms with Crippen LogP contribution in [0.5, 0.6) is 0 Å². The second-order valence-electron chi connectivity index (χ2n) is 5.71. The molecular weight excluding hydrogens is 356 g/mol. The highest BCUT2D eigenvalue weighted by atomic mass is 32.3. The largest absolute Gasteiger partial charge is 0.610 e. The van der Waals surface area contributed by atoms with Gasteiger partial charge in [0.25, 0.3) is 5.91 Å². The molecule has 1 N–H and O–H groups in total. The van der Waals surface area contributed by atoms with E-state index in [1.165, 1.54) is 12.1 Å². The first-order valence-corrected chi connectivity index (χ1v) is 9.72. The van der Waals surface area contributed by atoms with E-state index in [0.717, 1.165) is 6.26 Å². The van der Waals surface area contributed by atoms with E-state index in [0.29, 0.717) is 35.8 Å². The fourth-order valence-electron chi connectivity index (χ4n) is 2.44. The lowest BCUT2D eigenvalue weighted by Gasteiger charge is -2.09. The van der Waals surface area contributed by atoms with Gasteiger partial charge in [0.15, 0.2) is 16.4 Å². The summed E-state index contributed by atoms with van der Waals surface area (Å²) in [4.78, 5) is 12.4. The molecule has 0 bridgehead atoms. The molecule has 136 valence electrons. The Morgan fingerprint density at radius 3 is 2.62 bits per heavy atom. The molecule has 3 aromatic rings. The summed E-state index contributed by atoms with van der Waals surface area (Å²) < 4.78 is 29.8. The smallest absolute Gasteiger partial charge is 0.252 e. The molecule has 8 nitrogen and oxygen atoms in total. The Morgan fingerprint density at radius 2 is 1.96 bits per heavy atom. The summed E-state index contributed by atoms with van der Waals surface area (Å²) in [7, 11) is -1.70. The first kappa shape index (κ1) is 18.2. The lowest BCUT2D eigenvalue weighted by Crippen LogP contribution is -2.27. The number of methoxy groups -OCH3 is 1. The molecule has 3 rings (SSSR count). The minimum atomic E-state index is -3.27. The highest BCUT2D eigenvalue weighted by Crippen LogP contribution is 2.22. The van der Waals surface area contributed by atoms with Crippen molar-refractivity contribution in [2.24, 2.45) is 0 Å². The zero-order valence-electron chi connectivity index (χ0n) is 14.3. The lowest BCUT2D eigenvalue weighted by molar-refractivity contribution is 0.0936. The summed E-state index contributed by atoms with van der Waals surface area (Å²) in [5, 5.41) is 11.0. The normalized spacial score (nSPS) is 13.5. The molecule has 0 aliphatic heterocycles. The monoisotopic (exact) mass is 374 g/mol. The summed E-state index contributed by atoms with van der Waals surface area (Å²) in [5.74, 6) is 0.294. The van der Waals surface area contributed by atoms with Gasteiger partial charge in [-0.15, -0.1) is 14.4 Å². The number of sulfone groups is 1. The molecule has 1 amide bonds. The fourth-order valence-corrected chi connectivity index (χ4v) is 3.07. The number of hydrogen-bond acceptors (Lipinski definition) is 6. The summed E-state index contributed by atoms with van der Waals surface area (Å²) >= 11 is 0. The number of rotatable bonds is 6. The van der Waals surface area contributed by atoms with E-state index in [-0.39, 0.29) is 10.8 Å². The van der Waals surface area contributed by atoms with Crippen LogP contribution < -0.4 is 5.32 Å². The van der Waals surface area contributed by atoms with Crippen molar-refractivity contribution in [2.75, 3.05) is 26.5 Å². The van der Waals surface area contributed by atoms with Gasteiger partial charge in [0.2, 0.25) is 0 Å². The van der Waals surface area contributed by atoms with Gasteiger partial charge in [0.1, 0.15) is 6.26 Å². The van der Waals surface area contributed by atoms with Crippen LogP contribution in [0.15, 0.2) is 47.5 Å². The van der Waals surface area contributed by atoms with Crippen molar-refractivity contribution in [3.05, 3.63) is 48.2 Å². The van der Waals surface area contributed by atoms with Crippen molar-refractivity contribution in [3.8, 4) is 11.4 Å². The minimum absolute atomic E-state index is 0.226. The van der Waals surface area contributed by atoms with E-state index in [2.05, 4.69) is 15.5 Å². The van der Waals surface area contributed by atoms with Gasteiger partial charge in [-0.05, 0) is 36.4 Å². The Bertz CT molecular complexity index is 978. The van der Waals surface area contributed by atoms with Crippen molar-refractivity contribution < 1.29 is 18.3 Å². The third-order valence-electron chi connectivity index (χ3n) is 3.80. The Labute approximate surface area is 151 Å². The molecule has 1 aromatic carbocycles. The van der Waals surface area contributed by atoms with Gasteiger partial charge in [0.05, 0.1) is 22.4 Å². The van der Waals surface area contributed by atoms with Crippen molar-refractivity contribution in [3.63, 3.8) is 0 Å². The standard InChI is InChI=1S/C17H18N4O4S/c1-25-10-9-18-17(22)13-5-8-15-19-20-16(21(15)11-13)12-3-6-14(7-4-12)26(2,23)24/h3-8,11H,9-10H2,1-2H3,(H-,18,22,23,24). The highest BCUT2D eigenvalue weighted by Gasteiger charge is 2.15. The van der Waals surface area contributed by atoms with Crippen molar-refractivity contribution >= 4 is 21.8 Å². The molecule has 0 saturated carbocycles. The molecular formula is C17H18N4O4S. The lowest BCUT2D eigenvalue weighted by atomic mass is 10.2. The number of fused-ring (bicyclic) bond motifs is 1. The summed E-state index contributed by atoms with van der Waals surface area (Å²) in [6, 6.07) is 9.74. The van der Waals surface area contributed by atoms with Gasteiger partial charge in [-0.2, -0.15) is 0 Å². The van der Waals surface area contributed by atoms with Gasteiger partial charge < -0.3 is 14.6 Å². The molecule has 2 heterocycles. The molecule has 9 heteroatoms. The number of benzene rings is 1. The van der Waals surface area contributed by atoms with Gasteiger partial charge in [-0.25, -0.2) is 0 Å².